The van der Waals surface area contributed by atoms with Crippen molar-refractivity contribution < 1.29 is 4.79 Å². The molecule has 150 valence electrons. The number of rotatable bonds is 6. The highest BCUT2D eigenvalue weighted by molar-refractivity contribution is 7.19. The molecule has 0 spiro atoms. The number of nitrogens with one attached hydrogen (secondary N) is 1. The summed E-state index contributed by atoms with van der Waals surface area (Å²) in [6.07, 6.45) is 0.755. The predicted molar refractivity (Wildman–Crippen MR) is 120 cm³/mol. The lowest BCUT2D eigenvalue weighted by Gasteiger charge is -2.05. The minimum Gasteiger partial charge on any atom is -0.296 e. The van der Waals surface area contributed by atoms with E-state index >= 15 is 0 Å². The Morgan fingerprint density at radius 1 is 0.967 bits per heavy atom. The molecule has 0 atom stereocenters. The van der Waals surface area contributed by atoms with Crippen LogP contribution in [0.15, 0.2) is 77.6 Å². The average molecular weight is 417 g/mol. The van der Waals surface area contributed by atoms with Crippen LogP contribution in [0, 0.1) is 0 Å². The third-order valence-corrected chi connectivity index (χ3v) is 5.49. The molecule has 0 aliphatic carbocycles. The first-order valence-electron chi connectivity index (χ1n) is 9.67. The molecule has 0 saturated heterocycles. The van der Waals surface area contributed by atoms with Crippen LogP contribution >= 0.6 is 11.3 Å². The highest BCUT2D eigenvalue weighted by Crippen LogP contribution is 2.38. The lowest BCUT2D eigenvalue weighted by molar-refractivity contribution is 0.101. The predicted octanol–water partition coefficient (Wildman–Crippen LogP) is 4.70. The largest absolute Gasteiger partial charge is 0.296 e. The SMILES string of the molecule is CCCn1nc(C(=O)Nc2nc(-c3ccccc3)c(-c3ccccc3)s2)ccc1=O. The molecule has 4 aromatic rings. The van der Waals surface area contributed by atoms with Gasteiger partial charge in [-0.15, -0.1) is 0 Å². The number of carbonyl (C=O) groups is 1. The zero-order chi connectivity index (χ0) is 20.9. The summed E-state index contributed by atoms with van der Waals surface area (Å²) in [6.45, 7) is 2.42. The number of aromatic nitrogens is 3. The summed E-state index contributed by atoms with van der Waals surface area (Å²) < 4.78 is 1.31. The van der Waals surface area contributed by atoms with Gasteiger partial charge >= 0.3 is 0 Å². The van der Waals surface area contributed by atoms with Gasteiger partial charge in [-0.3, -0.25) is 14.9 Å². The van der Waals surface area contributed by atoms with E-state index in [9.17, 15) is 9.59 Å². The first-order valence-corrected chi connectivity index (χ1v) is 10.5. The van der Waals surface area contributed by atoms with Gasteiger partial charge in [-0.1, -0.05) is 78.9 Å². The minimum absolute atomic E-state index is 0.181. The molecule has 0 aliphatic heterocycles. The Morgan fingerprint density at radius 3 is 2.30 bits per heavy atom. The van der Waals surface area contributed by atoms with Gasteiger partial charge in [-0.2, -0.15) is 5.10 Å². The fraction of sp³-hybridized carbons (Fsp3) is 0.130. The number of hydrogen-bond acceptors (Lipinski definition) is 5. The molecule has 0 aliphatic rings. The lowest BCUT2D eigenvalue weighted by atomic mass is 10.1. The van der Waals surface area contributed by atoms with E-state index in [-0.39, 0.29) is 11.3 Å². The summed E-state index contributed by atoms with van der Waals surface area (Å²) in [5.74, 6) is -0.396. The van der Waals surface area contributed by atoms with Gasteiger partial charge in [0.2, 0.25) is 0 Å². The van der Waals surface area contributed by atoms with Crippen molar-refractivity contribution in [3.05, 3.63) is 88.8 Å². The molecule has 30 heavy (non-hydrogen) atoms. The molecule has 2 aromatic heterocycles. The highest BCUT2D eigenvalue weighted by atomic mass is 32.1. The van der Waals surface area contributed by atoms with Gasteiger partial charge in [0.25, 0.3) is 11.5 Å². The van der Waals surface area contributed by atoms with Crippen molar-refractivity contribution in [3.8, 4) is 21.7 Å². The molecule has 0 bridgehead atoms. The quantitative estimate of drug-likeness (QED) is 0.494. The zero-order valence-corrected chi connectivity index (χ0v) is 17.2. The van der Waals surface area contributed by atoms with Gasteiger partial charge in [0, 0.05) is 18.2 Å². The molecule has 2 aromatic carbocycles. The molecule has 1 amide bonds. The second-order valence-corrected chi connectivity index (χ2v) is 7.66. The maximum atomic E-state index is 12.8. The standard InChI is InChI=1S/C23H20N4O2S/c1-2-15-27-19(28)14-13-18(26-27)22(29)25-23-24-20(16-9-5-3-6-10-16)21(30-23)17-11-7-4-8-12-17/h3-14H,2,15H2,1H3,(H,24,25,29). The first-order chi connectivity index (χ1) is 14.7. The monoisotopic (exact) mass is 416 g/mol. The van der Waals surface area contributed by atoms with Crippen LogP contribution in [0.1, 0.15) is 23.8 Å². The van der Waals surface area contributed by atoms with Gasteiger partial charge < -0.3 is 0 Å². The first kappa shape index (κ1) is 19.7. The van der Waals surface area contributed by atoms with Crippen molar-refractivity contribution in [1.82, 2.24) is 14.8 Å². The Kier molecular flexibility index (Phi) is 5.81. The van der Waals surface area contributed by atoms with E-state index in [1.807, 2.05) is 67.6 Å². The maximum Gasteiger partial charge on any atom is 0.277 e. The molecule has 7 heteroatoms. The van der Waals surface area contributed by atoms with Crippen LogP contribution in [0.2, 0.25) is 0 Å². The van der Waals surface area contributed by atoms with Gasteiger partial charge in [0.1, 0.15) is 5.69 Å². The number of amides is 1. The third-order valence-electron chi connectivity index (χ3n) is 4.47. The topological polar surface area (TPSA) is 76.9 Å². The van der Waals surface area contributed by atoms with Crippen LogP contribution in [0.5, 0.6) is 0 Å². The number of hydrogen-bond donors (Lipinski definition) is 1. The van der Waals surface area contributed by atoms with E-state index in [1.165, 1.54) is 28.2 Å². The number of nitrogens with zero attached hydrogens (tertiary/aromatic N) is 3. The molecular weight excluding hydrogens is 396 g/mol. The second-order valence-electron chi connectivity index (χ2n) is 6.66. The van der Waals surface area contributed by atoms with Crippen molar-refractivity contribution in [2.75, 3.05) is 5.32 Å². The van der Waals surface area contributed by atoms with Gasteiger partial charge in [0.05, 0.1) is 10.6 Å². The molecule has 0 radical (unpaired) electrons. The normalized spacial score (nSPS) is 10.7. The van der Waals surface area contributed by atoms with E-state index < -0.39 is 5.91 Å². The molecule has 4 rings (SSSR count). The van der Waals surface area contributed by atoms with Crippen molar-refractivity contribution in [1.29, 1.82) is 0 Å². The van der Waals surface area contributed by atoms with Gasteiger partial charge in [0.15, 0.2) is 5.13 Å². The van der Waals surface area contributed by atoms with Crippen molar-refractivity contribution in [2.24, 2.45) is 0 Å². The third kappa shape index (κ3) is 4.21. The number of aryl methyl sites for hydroxylation is 1. The van der Waals surface area contributed by atoms with Crippen molar-refractivity contribution in [3.63, 3.8) is 0 Å². The van der Waals surface area contributed by atoms with E-state index in [2.05, 4.69) is 15.4 Å². The van der Waals surface area contributed by atoms with E-state index in [0.717, 1.165) is 28.1 Å². The summed E-state index contributed by atoms with van der Waals surface area (Å²) in [5, 5.41) is 7.49. The summed E-state index contributed by atoms with van der Waals surface area (Å²) in [5.41, 5.74) is 2.78. The molecule has 6 nitrogen and oxygen atoms in total. The van der Waals surface area contributed by atoms with E-state index in [1.54, 1.807) is 0 Å². The van der Waals surface area contributed by atoms with Crippen LogP contribution in [-0.4, -0.2) is 20.7 Å². The summed E-state index contributed by atoms with van der Waals surface area (Å²) in [6, 6.07) is 22.6. The lowest BCUT2D eigenvalue weighted by Crippen LogP contribution is -2.26. The van der Waals surface area contributed by atoms with E-state index in [4.69, 9.17) is 0 Å². The van der Waals surface area contributed by atoms with Crippen molar-refractivity contribution in [2.45, 2.75) is 19.9 Å². The fourth-order valence-electron chi connectivity index (χ4n) is 3.05. The minimum atomic E-state index is -0.396. The zero-order valence-electron chi connectivity index (χ0n) is 16.4. The average Bonchev–Trinajstić information content (AvgIpc) is 3.20. The molecule has 0 fully saturated rings. The molecule has 2 heterocycles. The summed E-state index contributed by atoms with van der Waals surface area (Å²) >= 11 is 1.41. The number of carbonyl (C=O) groups excluding carboxylic acids is 1. The fourth-order valence-corrected chi connectivity index (χ4v) is 4.04. The molecule has 1 N–H and O–H groups in total. The smallest absolute Gasteiger partial charge is 0.277 e. The Hall–Kier alpha value is -3.58. The molecular formula is C23H20N4O2S. The van der Waals surface area contributed by atoms with Crippen LogP contribution in [-0.2, 0) is 6.54 Å². The Bertz CT molecular complexity index is 1160. The van der Waals surface area contributed by atoms with Gasteiger partial charge in [-0.25, -0.2) is 9.67 Å². The Balaban J connectivity index is 1.68. The summed E-state index contributed by atoms with van der Waals surface area (Å²) in [7, 11) is 0. The van der Waals surface area contributed by atoms with Crippen LogP contribution in [0.4, 0.5) is 5.13 Å². The van der Waals surface area contributed by atoms with Crippen LogP contribution < -0.4 is 10.9 Å². The second kappa shape index (κ2) is 8.84. The maximum absolute atomic E-state index is 12.8. The summed E-state index contributed by atoms with van der Waals surface area (Å²) in [4.78, 5) is 30.3. The Morgan fingerprint density at radius 2 is 1.63 bits per heavy atom. The van der Waals surface area contributed by atoms with E-state index in [0.29, 0.717) is 11.7 Å². The van der Waals surface area contributed by atoms with Crippen molar-refractivity contribution >= 4 is 22.4 Å². The number of thiazole rings is 1. The van der Waals surface area contributed by atoms with Crippen LogP contribution in [0.25, 0.3) is 21.7 Å². The molecule has 0 saturated carbocycles. The molecule has 0 unspecified atom stereocenters. The van der Waals surface area contributed by atoms with Gasteiger partial charge in [-0.05, 0) is 18.1 Å². The highest BCUT2D eigenvalue weighted by Gasteiger charge is 2.18. The number of anilines is 1. The Labute approximate surface area is 177 Å². The van der Waals surface area contributed by atoms with Crippen LogP contribution in [0.3, 0.4) is 0 Å². The number of benzene rings is 2.